The van der Waals surface area contributed by atoms with Crippen molar-refractivity contribution in [3.63, 3.8) is 0 Å². The standard InChI is InChI=1S/C19H24N4O2/c1-13-8-4-5-9-16(13)23-14(2)15(12-21-23)19(25)22-11-7-6-10-17(22)18(24)20-3/h4-5,8-9,12,17H,6-7,10-11H2,1-3H3,(H,20,24)/t17-/m0/s1. The zero-order chi connectivity index (χ0) is 18.0. The lowest BCUT2D eigenvalue weighted by Crippen LogP contribution is -2.51. The number of hydrogen-bond acceptors (Lipinski definition) is 3. The number of aryl methyl sites for hydroxylation is 1. The van der Waals surface area contributed by atoms with E-state index in [2.05, 4.69) is 10.4 Å². The lowest BCUT2D eigenvalue weighted by atomic mass is 10.00. The highest BCUT2D eigenvalue weighted by Gasteiger charge is 2.33. The van der Waals surface area contributed by atoms with E-state index in [1.165, 1.54) is 0 Å². The van der Waals surface area contributed by atoms with Crippen LogP contribution in [0.15, 0.2) is 30.5 Å². The van der Waals surface area contributed by atoms with Crippen molar-refractivity contribution in [1.82, 2.24) is 20.0 Å². The highest BCUT2D eigenvalue weighted by atomic mass is 16.2. The maximum Gasteiger partial charge on any atom is 0.258 e. The fourth-order valence-corrected chi connectivity index (χ4v) is 3.43. The molecule has 0 spiro atoms. The number of carbonyl (C=O) groups is 2. The third-order valence-electron chi connectivity index (χ3n) is 4.90. The Morgan fingerprint density at radius 1 is 1.20 bits per heavy atom. The summed E-state index contributed by atoms with van der Waals surface area (Å²) in [5.74, 6) is -0.220. The first-order chi connectivity index (χ1) is 12.0. The molecule has 6 heteroatoms. The molecule has 6 nitrogen and oxygen atoms in total. The van der Waals surface area contributed by atoms with Gasteiger partial charge in [0.05, 0.1) is 23.1 Å². The van der Waals surface area contributed by atoms with Gasteiger partial charge in [-0.25, -0.2) is 4.68 Å². The summed E-state index contributed by atoms with van der Waals surface area (Å²) in [6, 6.07) is 7.54. The summed E-state index contributed by atoms with van der Waals surface area (Å²) in [5, 5.41) is 7.09. The normalized spacial score (nSPS) is 17.4. The van der Waals surface area contributed by atoms with Crippen LogP contribution in [-0.2, 0) is 4.79 Å². The van der Waals surface area contributed by atoms with E-state index in [9.17, 15) is 9.59 Å². The van der Waals surface area contributed by atoms with E-state index in [-0.39, 0.29) is 11.8 Å². The molecule has 25 heavy (non-hydrogen) atoms. The number of nitrogens with zero attached hydrogens (tertiary/aromatic N) is 3. The summed E-state index contributed by atoms with van der Waals surface area (Å²) in [6.45, 7) is 4.52. The molecule has 0 unspecified atom stereocenters. The van der Waals surface area contributed by atoms with Crippen LogP contribution in [0.2, 0.25) is 0 Å². The van der Waals surface area contributed by atoms with Gasteiger partial charge < -0.3 is 10.2 Å². The molecule has 0 radical (unpaired) electrons. The van der Waals surface area contributed by atoms with Crippen molar-refractivity contribution < 1.29 is 9.59 Å². The first-order valence-corrected chi connectivity index (χ1v) is 8.67. The summed E-state index contributed by atoms with van der Waals surface area (Å²) >= 11 is 0. The van der Waals surface area contributed by atoms with Crippen LogP contribution in [0.4, 0.5) is 0 Å². The van der Waals surface area contributed by atoms with E-state index < -0.39 is 6.04 Å². The molecule has 0 aliphatic carbocycles. The monoisotopic (exact) mass is 340 g/mol. The van der Waals surface area contributed by atoms with Crippen LogP contribution in [0.5, 0.6) is 0 Å². The first kappa shape index (κ1) is 17.2. The third-order valence-corrected chi connectivity index (χ3v) is 4.90. The van der Waals surface area contributed by atoms with E-state index in [4.69, 9.17) is 0 Å². The molecular formula is C19H24N4O2. The Labute approximate surface area is 147 Å². The topological polar surface area (TPSA) is 67.2 Å². The smallest absolute Gasteiger partial charge is 0.258 e. The third kappa shape index (κ3) is 3.16. The molecular weight excluding hydrogens is 316 g/mol. The largest absolute Gasteiger partial charge is 0.357 e. The lowest BCUT2D eigenvalue weighted by molar-refractivity contribution is -0.126. The number of carbonyl (C=O) groups excluding carboxylic acids is 2. The molecule has 0 bridgehead atoms. The van der Waals surface area contributed by atoms with E-state index in [1.54, 1.807) is 22.8 Å². The molecule has 1 fully saturated rings. The van der Waals surface area contributed by atoms with Gasteiger partial charge in [0.25, 0.3) is 5.91 Å². The zero-order valence-corrected chi connectivity index (χ0v) is 15.0. The highest BCUT2D eigenvalue weighted by Crippen LogP contribution is 2.23. The summed E-state index contributed by atoms with van der Waals surface area (Å²) in [7, 11) is 1.61. The molecule has 3 rings (SSSR count). The van der Waals surface area contributed by atoms with Gasteiger partial charge in [0.1, 0.15) is 6.04 Å². The minimum absolute atomic E-state index is 0.100. The second-order valence-electron chi connectivity index (χ2n) is 6.47. The average molecular weight is 340 g/mol. The Morgan fingerprint density at radius 3 is 2.68 bits per heavy atom. The summed E-state index contributed by atoms with van der Waals surface area (Å²) in [4.78, 5) is 26.9. The Balaban J connectivity index is 1.93. The second-order valence-corrected chi connectivity index (χ2v) is 6.47. The van der Waals surface area contributed by atoms with E-state index in [1.807, 2.05) is 38.1 Å². The number of piperidine rings is 1. The first-order valence-electron chi connectivity index (χ1n) is 8.67. The minimum Gasteiger partial charge on any atom is -0.357 e. The number of aromatic nitrogens is 2. The van der Waals surface area contributed by atoms with Crippen LogP contribution < -0.4 is 5.32 Å². The van der Waals surface area contributed by atoms with Crippen LogP contribution in [0.3, 0.4) is 0 Å². The lowest BCUT2D eigenvalue weighted by Gasteiger charge is -2.34. The molecule has 2 heterocycles. The molecule has 132 valence electrons. The summed E-state index contributed by atoms with van der Waals surface area (Å²) < 4.78 is 1.79. The van der Waals surface area contributed by atoms with Gasteiger partial charge in [-0.15, -0.1) is 0 Å². The molecule has 1 atom stereocenters. The number of likely N-dealkylation sites (N-methyl/N-ethyl adjacent to an activating group) is 1. The maximum absolute atomic E-state index is 13.1. The predicted molar refractivity (Wildman–Crippen MR) is 95.8 cm³/mol. The number of benzene rings is 1. The molecule has 1 aromatic carbocycles. The van der Waals surface area contributed by atoms with Crippen molar-refractivity contribution in [2.24, 2.45) is 0 Å². The number of nitrogens with one attached hydrogen (secondary N) is 1. The van der Waals surface area contributed by atoms with Crippen LogP contribution in [-0.4, -0.2) is 46.1 Å². The molecule has 1 saturated heterocycles. The fraction of sp³-hybridized carbons (Fsp3) is 0.421. The molecule has 2 aromatic rings. The maximum atomic E-state index is 13.1. The van der Waals surface area contributed by atoms with E-state index in [0.717, 1.165) is 29.8 Å². The van der Waals surface area contributed by atoms with E-state index >= 15 is 0 Å². The van der Waals surface area contributed by atoms with Gasteiger partial charge in [0.15, 0.2) is 0 Å². The predicted octanol–water partition coefficient (Wildman–Crippen LogP) is 2.23. The van der Waals surface area contributed by atoms with Crippen molar-refractivity contribution in [2.45, 2.75) is 39.2 Å². The van der Waals surface area contributed by atoms with Gasteiger partial charge in [-0.1, -0.05) is 18.2 Å². The van der Waals surface area contributed by atoms with Gasteiger partial charge >= 0.3 is 0 Å². The summed E-state index contributed by atoms with van der Waals surface area (Å²) in [5.41, 5.74) is 3.40. The quantitative estimate of drug-likeness (QED) is 0.932. The second kappa shape index (κ2) is 7.09. The molecule has 2 amide bonds. The van der Waals surface area contributed by atoms with Gasteiger partial charge in [-0.05, 0) is 44.7 Å². The molecule has 1 aliphatic rings. The van der Waals surface area contributed by atoms with Crippen molar-refractivity contribution in [3.8, 4) is 5.69 Å². The molecule has 1 aliphatic heterocycles. The average Bonchev–Trinajstić information content (AvgIpc) is 3.02. The van der Waals surface area contributed by atoms with Crippen molar-refractivity contribution in [1.29, 1.82) is 0 Å². The van der Waals surface area contributed by atoms with Crippen molar-refractivity contribution in [3.05, 3.63) is 47.3 Å². The van der Waals surface area contributed by atoms with Gasteiger partial charge in [-0.2, -0.15) is 5.10 Å². The molecule has 1 N–H and O–H groups in total. The van der Waals surface area contributed by atoms with Gasteiger partial charge in [-0.3, -0.25) is 9.59 Å². The van der Waals surface area contributed by atoms with Crippen LogP contribution in [0, 0.1) is 13.8 Å². The number of amides is 2. The molecule has 0 saturated carbocycles. The highest BCUT2D eigenvalue weighted by molar-refractivity contribution is 5.98. The summed E-state index contributed by atoms with van der Waals surface area (Å²) in [6.07, 6.45) is 4.20. The minimum atomic E-state index is -0.396. The van der Waals surface area contributed by atoms with Crippen LogP contribution >= 0.6 is 0 Å². The number of rotatable bonds is 3. The fourth-order valence-electron chi connectivity index (χ4n) is 3.43. The SMILES string of the molecule is CNC(=O)[C@@H]1CCCCN1C(=O)c1cnn(-c2ccccc2C)c1C. The Morgan fingerprint density at radius 2 is 1.96 bits per heavy atom. The van der Waals surface area contributed by atoms with Crippen molar-refractivity contribution >= 4 is 11.8 Å². The molecule has 1 aromatic heterocycles. The van der Waals surface area contributed by atoms with Crippen LogP contribution in [0.1, 0.15) is 40.9 Å². The zero-order valence-electron chi connectivity index (χ0n) is 15.0. The van der Waals surface area contributed by atoms with E-state index in [0.29, 0.717) is 18.5 Å². The van der Waals surface area contributed by atoms with Crippen molar-refractivity contribution in [2.75, 3.05) is 13.6 Å². The Hall–Kier alpha value is -2.63. The van der Waals surface area contributed by atoms with Gasteiger partial charge in [0, 0.05) is 13.6 Å². The number of para-hydroxylation sites is 1. The van der Waals surface area contributed by atoms with Crippen LogP contribution in [0.25, 0.3) is 5.69 Å². The number of likely N-dealkylation sites (tertiary alicyclic amines) is 1. The van der Waals surface area contributed by atoms with Gasteiger partial charge in [0.2, 0.25) is 5.91 Å². The Bertz CT molecular complexity index is 796. The Kier molecular flexibility index (Phi) is 4.88. The number of hydrogen-bond donors (Lipinski definition) is 1.